The van der Waals surface area contributed by atoms with Crippen LogP contribution >= 0.6 is 11.3 Å². The standard InChI is InChI=1S/C16H20F3N7O2S/c1-3-4-11-21-24-15(29-11)20-10(27)5-6-12(28)25-7-8-26-13(9(25)2)22-23-14(26)16(17,18)19/h9H,3-8H2,1-2H3,(H,20,24,27). The number of fused-ring (bicyclic) bond motifs is 1. The van der Waals surface area contributed by atoms with Gasteiger partial charge in [0.1, 0.15) is 5.01 Å². The van der Waals surface area contributed by atoms with E-state index in [1.54, 1.807) is 6.92 Å². The fourth-order valence-electron chi connectivity index (χ4n) is 3.10. The number of nitrogens with one attached hydrogen (secondary N) is 1. The van der Waals surface area contributed by atoms with Gasteiger partial charge in [0, 0.05) is 32.4 Å². The molecule has 0 fully saturated rings. The van der Waals surface area contributed by atoms with Gasteiger partial charge in [-0.05, 0) is 13.3 Å². The summed E-state index contributed by atoms with van der Waals surface area (Å²) in [4.78, 5) is 26.0. The Balaban J connectivity index is 1.55. The number of carbonyl (C=O) groups is 2. The van der Waals surface area contributed by atoms with E-state index in [4.69, 9.17) is 0 Å². The number of aromatic nitrogens is 5. The zero-order valence-electron chi connectivity index (χ0n) is 15.9. The number of hydrogen-bond acceptors (Lipinski definition) is 7. The molecule has 2 amide bonds. The van der Waals surface area contributed by atoms with Gasteiger partial charge in [0.2, 0.25) is 22.8 Å². The van der Waals surface area contributed by atoms with Gasteiger partial charge in [0.25, 0.3) is 0 Å². The lowest BCUT2D eigenvalue weighted by Gasteiger charge is -2.33. The summed E-state index contributed by atoms with van der Waals surface area (Å²) in [6.07, 6.45) is -3.04. The van der Waals surface area contributed by atoms with Crippen molar-refractivity contribution in [2.45, 2.75) is 58.3 Å². The van der Waals surface area contributed by atoms with E-state index in [1.807, 2.05) is 6.92 Å². The first-order chi connectivity index (χ1) is 13.7. The van der Waals surface area contributed by atoms with E-state index >= 15 is 0 Å². The van der Waals surface area contributed by atoms with Crippen LogP contribution in [0.3, 0.4) is 0 Å². The number of carbonyl (C=O) groups excluding carboxylic acids is 2. The van der Waals surface area contributed by atoms with Crippen LogP contribution in [0.4, 0.5) is 18.3 Å². The molecule has 0 aliphatic carbocycles. The Kier molecular flexibility index (Phi) is 6.15. The molecule has 9 nitrogen and oxygen atoms in total. The second-order valence-electron chi connectivity index (χ2n) is 6.59. The van der Waals surface area contributed by atoms with E-state index in [9.17, 15) is 22.8 Å². The Bertz CT molecular complexity index is 895. The maximum atomic E-state index is 13.0. The molecule has 2 aromatic rings. The third-order valence-electron chi connectivity index (χ3n) is 4.50. The summed E-state index contributed by atoms with van der Waals surface area (Å²) in [6, 6.07) is -0.664. The van der Waals surface area contributed by atoms with E-state index in [0.29, 0.717) is 5.13 Å². The van der Waals surface area contributed by atoms with Crippen molar-refractivity contribution < 1.29 is 22.8 Å². The summed E-state index contributed by atoms with van der Waals surface area (Å²) in [5.74, 6) is -1.69. The van der Waals surface area contributed by atoms with Crippen LogP contribution in [0.15, 0.2) is 0 Å². The summed E-state index contributed by atoms with van der Waals surface area (Å²) in [5.41, 5.74) is 0. The average Bonchev–Trinajstić information content (AvgIpc) is 3.27. The van der Waals surface area contributed by atoms with Crippen LogP contribution < -0.4 is 5.32 Å². The van der Waals surface area contributed by atoms with Crippen molar-refractivity contribution in [2.24, 2.45) is 0 Å². The van der Waals surface area contributed by atoms with Crippen LogP contribution in [0.1, 0.15) is 55.8 Å². The lowest BCUT2D eigenvalue weighted by molar-refractivity contribution is -0.148. The van der Waals surface area contributed by atoms with Gasteiger partial charge in [-0.15, -0.1) is 20.4 Å². The predicted octanol–water partition coefficient (Wildman–Crippen LogP) is 2.42. The van der Waals surface area contributed by atoms with Crippen LogP contribution in [0.2, 0.25) is 0 Å². The van der Waals surface area contributed by atoms with E-state index in [1.165, 1.54) is 16.2 Å². The van der Waals surface area contributed by atoms with Gasteiger partial charge >= 0.3 is 6.18 Å². The highest BCUT2D eigenvalue weighted by Gasteiger charge is 2.41. The Labute approximate surface area is 168 Å². The molecule has 158 valence electrons. The molecule has 0 radical (unpaired) electrons. The molecule has 1 unspecified atom stereocenters. The van der Waals surface area contributed by atoms with Gasteiger partial charge in [-0.1, -0.05) is 18.3 Å². The summed E-state index contributed by atoms with van der Waals surface area (Å²) >= 11 is 1.29. The lowest BCUT2D eigenvalue weighted by atomic mass is 10.1. The van der Waals surface area contributed by atoms with Crippen LogP contribution in [-0.4, -0.2) is 48.2 Å². The molecule has 1 atom stereocenters. The first-order valence-electron chi connectivity index (χ1n) is 9.12. The van der Waals surface area contributed by atoms with Gasteiger partial charge in [-0.25, -0.2) is 0 Å². The van der Waals surface area contributed by atoms with Crippen molar-refractivity contribution in [3.63, 3.8) is 0 Å². The van der Waals surface area contributed by atoms with Crippen molar-refractivity contribution in [3.05, 3.63) is 16.7 Å². The van der Waals surface area contributed by atoms with Gasteiger partial charge in [-0.2, -0.15) is 13.2 Å². The van der Waals surface area contributed by atoms with Crippen molar-refractivity contribution in [2.75, 3.05) is 11.9 Å². The summed E-state index contributed by atoms with van der Waals surface area (Å²) < 4.78 is 39.9. The first kappa shape index (κ1) is 21.1. The smallest absolute Gasteiger partial charge is 0.331 e. The normalized spacial score (nSPS) is 16.6. The maximum absolute atomic E-state index is 13.0. The van der Waals surface area contributed by atoms with Crippen molar-refractivity contribution in [1.82, 2.24) is 29.9 Å². The summed E-state index contributed by atoms with van der Waals surface area (Å²) in [6.45, 7) is 3.64. The fraction of sp³-hybridized carbons (Fsp3) is 0.625. The summed E-state index contributed by atoms with van der Waals surface area (Å²) in [5, 5.41) is 18.5. The van der Waals surface area contributed by atoms with Crippen LogP contribution in [0.5, 0.6) is 0 Å². The number of amides is 2. The maximum Gasteiger partial charge on any atom is 0.451 e. The summed E-state index contributed by atoms with van der Waals surface area (Å²) in [7, 11) is 0. The Morgan fingerprint density at radius 1 is 1.17 bits per heavy atom. The Hall–Kier alpha value is -2.57. The molecule has 13 heteroatoms. The van der Waals surface area contributed by atoms with Crippen molar-refractivity contribution >= 4 is 28.3 Å². The number of rotatable bonds is 6. The molecule has 3 heterocycles. The van der Waals surface area contributed by atoms with E-state index < -0.39 is 18.0 Å². The average molecular weight is 431 g/mol. The van der Waals surface area contributed by atoms with Crippen molar-refractivity contribution in [3.8, 4) is 0 Å². The van der Waals surface area contributed by atoms with E-state index in [-0.39, 0.29) is 43.6 Å². The molecule has 0 spiro atoms. The molecule has 0 bridgehead atoms. The number of nitrogens with zero attached hydrogens (tertiary/aromatic N) is 6. The molecule has 0 aromatic carbocycles. The minimum Gasteiger partial charge on any atom is -0.331 e. The van der Waals surface area contributed by atoms with Gasteiger partial charge in [-0.3, -0.25) is 9.59 Å². The topological polar surface area (TPSA) is 106 Å². The van der Waals surface area contributed by atoms with E-state index in [0.717, 1.165) is 22.4 Å². The second-order valence-corrected chi connectivity index (χ2v) is 7.66. The third kappa shape index (κ3) is 4.71. The largest absolute Gasteiger partial charge is 0.451 e. The van der Waals surface area contributed by atoms with Crippen LogP contribution in [0.25, 0.3) is 0 Å². The molecular weight excluding hydrogens is 411 g/mol. The number of halogens is 3. The highest BCUT2D eigenvalue weighted by molar-refractivity contribution is 7.15. The zero-order chi connectivity index (χ0) is 21.2. The van der Waals surface area contributed by atoms with Crippen molar-refractivity contribution in [1.29, 1.82) is 0 Å². The second kappa shape index (κ2) is 8.43. The highest BCUT2D eigenvalue weighted by Crippen LogP contribution is 2.32. The fourth-order valence-corrected chi connectivity index (χ4v) is 3.96. The minimum absolute atomic E-state index is 0.0511. The number of anilines is 1. The molecule has 3 rings (SSSR count). The monoisotopic (exact) mass is 431 g/mol. The van der Waals surface area contributed by atoms with Crippen LogP contribution in [0, 0.1) is 0 Å². The van der Waals surface area contributed by atoms with Gasteiger partial charge in [0.05, 0.1) is 6.04 Å². The molecule has 1 N–H and O–H groups in total. The molecule has 1 aliphatic rings. The molecule has 1 aliphatic heterocycles. The minimum atomic E-state index is -4.60. The highest BCUT2D eigenvalue weighted by atomic mass is 32.1. The molecule has 29 heavy (non-hydrogen) atoms. The zero-order valence-corrected chi connectivity index (χ0v) is 16.7. The molecular formula is C16H20F3N7O2S. The number of hydrogen-bond donors (Lipinski definition) is 1. The predicted molar refractivity (Wildman–Crippen MR) is 96.9 cm³/mol. The van der Waals surface area contributed by atoms with Gasteiger partial charge in [0.15, 0.2) is 5.82 Å². The SMILES string of the molecule is CCCc1nnc(NC(=O)CCC(=O)N2CCn3c(nnc3C(F)(F)F)C2C)s1. The molecule has 0 saturated carbocycles. The third-order valence-corrected chi connectivity index (χ3v) is 5.40. The van der Waals surface area contributed by atoms with Gasteiger partial charge < -0.3 is 14.8 Å². The van der Waals surface area contributed by atoms with Crippen LogP contribution in [-0.2, 0) is 28.7 Å². The lowest BCUT2D eigenvalue weighted by Crippen LogP contribution is -2.42. The molecule has 2 aromatic heterocycles. The quantitative estimate of drug-likeness (QED) is 0.753. The Morgan fingerprint density at radius 2 is 1.93 bits per heavy atom. The van der Waals surface area contributed by atoms with E-state index in [2.05, 4.69) is 25.7 Å². The molecule has 0 saturated heterocycles. The Morgan fingerprint density at radius 3 is 2.62 bits per heavy atom. The number of alkyl halides is 3. The first-order valence-corrected chi connectivity index (χ1v) is 9.94. The number of aryl methyl sites for hydroxylation is 1.